The fraction of sp³-hybridized carbons (Fsp3) is 0.696. The van der Waals surface area contributed by atoms with Gasteiger partial charge in [-0.05, 0) is 157 Å². The first kappa shape index (κ1) is 36.2. The van der Waals surface area contributed by atoms with Crippen molar-refractivity contribution in [2.24, 2.45) is 69.0 Å². The Morgan fingerprint density at radius 1 is 0.593 bits per heavy atom. The molecule has 2 aromatic heterocycles. The van der Waals surface area contributed by atoms with Crippen LogP contribution in [-0.4, -0.2) is 45.1 Å². The van der Waals surface area contributed by atoms with Crippen LogP contribution < -0.4 is 0 Å². The Morgan fingerprint density at radius 2 is 1.15 bits per heavy atom. The third-order valence-electron chi connectivity index (χ3n) is 17.6. The molecule has 0 aromatic carbocycles. The number of aromatic nitrogens is 4. The van der Waals surface area contributed by atoms with Crippen LogP contribution >= 0.6 is 0 Å². The molecule has 54 heavy (non-hydrogen) atoms. The van der Waals surface area contributed by atoms with E-state index in [1.54, 1.807) is 12.4 Å². The van der Waals surface area contributed by atoms with Gasteiger partial charge in [0, 0.05) is 37.6 Å². The van der Waals surface area contributed by atoms with E-state index in [-0.39, 0.29) is 33.6 Å². The fourth-order valence-electron chi connectivity index (χ4n) is 14.5. The van der Waals surface area contributed by atoms with Crippen LogP contribution in [0.1, 0.15) is 129 Å². The van der Waals surface area contributed by atoms with Gasteiger partial charge in [0.15, 0.2) is 0 Å². The third kappa shape index (κ3) is 5.73. The van der Waals surface area contributed by atoms with Crippen LogP contribution in [0.15, 0.2) is 49.3 Å². The highest BCUT2D eigenvalue weighted by atomic mass is 16.5. The maximum absolute atomic E-state index is 12.0. The molecule has 8 nitrogen and oxygen atoms in total. The first-order valence-corrected chi connectivity index (χ1v) is 21.3. The van der Waals surface area contributed by atoms with Crippen molar-refractivity contribution < 1.29 is 19.1 Å². The van der Waals surface area contributed by atoms with Gasteiger partial charge in [-0.1, -0.05) is 39.8 Å². The van der Waals surface area contributed by atoms with Crippen LogP contribution in [0.4, 0.5) is 0 Å². The first-order valence-electron chi connectivity index (χ1n) is 21.3. The molecule has 8 heteroatoms. The van der Waals surface area contributed by atoms with Gasteiger partial charge in [0.25, 0.3) is 0 Å². The standard InChI is InChI=1S/2C23H30N2O2/c1-22-10-8-21(26)27-14-15(22)3-4-16-17-5-6-19(20-13-24-11-12-25-20)23(17,2)9-7-18(16)22;1-22-9-12-27-21(26)13-15(22)3-4-16-17-5-6-19(20-14-24-10-11-25-20)23(17,2)8-7-18(16)22/h6,11-13,15-18H,3-5,7-10,14H2,1-2H3;6,10-11,14-18H,3-5,7-9,12-13H2,1-2H3/t2*15-,16-,17-,18-,22-,23-/m00/s1. The van der Waals surface area contributed by atoms with E-state index in [2.05, 4.69) is 59.8 Å². The smallest absolute Gasteiger partial charge is 0.306 e. The van der Waals surface area contributed by atoms with E-state index in [4.69, 9.17) is 9.47 Å². The highest BCUT2D eigenvalue weighted by molar-refractivity contribution is 5.72. The van der Waals surface area contributed by atoms with Gasteiger partial charge in [-0.15, -0.1) is 0 Å². The molecule has 2 aromatic rings. The van der Waals surface area contributed by atoms with E-state index in [1.165, 1.54) is 75.4 Å². The number of cyclic esters (lactones) is 2. The Bertz CT molecular complexity index is 1730. The summed E-state index contributed by atoms with van der Waals surface area (Å²) in [6.45, 7) is 11.1. The number of ether oxygens (including phenoxy) is 2. The number of rotatable bonds is 2. The lowest BCUT2D eigenvalue weighted by molar-refractivity contribution is -0.145. The molecule has 0 unspecified atom stereocenters. The van der Waals surface area contributed by atoms with Gasteiger partial charge in [0.2, 0.25) is 0 Å². The van der Waals surface area contributed by atoms with Crippen molar-refractivity contribution in [3.63, 3.8) is 0 Å². The van der Waals surface area contributed by atoms with Crippen molar-refractivity contribution in [3.05, 3.63) is 60.7 Å². The number of allylic oxidation sites excluding steroid dienone is 4. The van der Waals surface area contributed by atoms with Crippen LogP contribution in [0, 0.1) is 69.0 Å². The SMILES string of the molecule is C[C@]12CCC(=O)OC[C@@H]1CC[C@@H]1[C@@H]2CC[C@]2(C)C(c3cnccn3)=CC[C@@H]12.C[C@]12CCOC(=O)C[C@@H]1CC[C@@H]1[C@@H]2CC[C@]2(C)C(c3cnccn3)=CC[C@@H]12. The highest BCUT2D eigenvalue weighted by Gasteiger charge is 2.60. The van der Waals surface area contributed by atoms with Crippen LogP contribution in [0.2, 0.25) is 0 Å². The lowest BCUT2D eigenvalue weighted by atomic mass is 9.46. The quantitative estimate of drug-likeness (QED) is 0.282. The summed E-state index contributed by atoms with van der Waals surface area (Å²) in [6, 6.07) is 0. The zero-order chi connectivity index (χ0) is 37.3. The van der Waals surface area contributed by atoms with Gasteiger partial charge in [0.1, 0.15) is 0 Å². The fourth-order valence-corrected chi connectivity index (χ4v) is 14.5. The summed E-state index contributed by atoms with van der Waals surface area (Å²) >= 11 is 0. The molecule has 4 heterocycles. The van der Waals surface area contributed by atoms with Gasteiger partial charge < -0.3 is 9.47 Å². The minimum absolute atomic E-state index is 0.00953. The molecule has 6 aliphatic carbocycles. The summed E-state index contributed by atoms with van der Waals surface area (Å²) in [4.78, 5) is 41.8. The zero-order valence-electron chi connectivity index (χ0n) is 33.0. The third-order valence-corrected chi connectivity index (χ3v) is 17.6. The van der Waals surface area contributed by atoms with Crippen molar-refractivity contribution >= 4 is 23.1 Å². The molecule has 288 valence electrons. The lowest BCUT2D eigenvalue weighted by Gasteiger charge is -2.58. The highest BCUT2D eigenvalue weighted by Crippen LogP contribution is 2.68. The van der Waals surface area contributed by atoms with Crippen molar-refractivity contribution in [2.45, 2.75) is 118 Å². The number of hydrogen-bond donors (Lipinski definition) is 0. The molecule has 0 N–H and O–H groups in total. The van der Waals surface area contributed by atoms with Gasteiger partial charge >= 0.3 is 11.9 Å². The Kier molecular flexibility index (Phi) is 9.16. The average molecular weight is 733 g/mol. The monoisotopic (exact) mass is 732 g/mol. The van der Waals surface area contributed by atoms with Crippen LogP contribution in [0.25, 0.3) is 11.1 Å². The van der Waals surface area contributed by atoms with Crippen LogP contribution in [-0.2, 0) is 19.1 Å². The Morgan fingerprint density at radius 3 is 1.70 bits per heavy atom. The van der Waals surface area contributed by atoms with E-state index in [1.807, 2.05) is 24.8 Å². The average Bonchev–Trinajstić information content (AvgIpc) is 3.61. The second-order valence-corrected chi connectivity index (χ2v) is 19.5. The second kappa shape index (κ2) is 13.7. The molecule has 8 aliphatic rings. The van der Waals surface area contributed by atoms with E-state index in [9.17, 15) is 9.59 Å². The van der Waals surface area contributed by atoms with E-state index >= 15 is 0 Å². The van der Waals surface area contributed by atoms with Crippen molar-refractivity contribution in [3.8, 4) is 0 Å². The molecule has 10 rings (SSSR count). The molecule has 12 atom stereocenters. The Balaban J connectivity index is 0.000000142. The van der Waals surface area contributed by atoms with Gasteiger partial charge in [-0.2, -0.15) is 0 Å². The zero-order valence-corrected chi connectivity index (χ0v) is 33.0. The second-order valence-electron chi connectivity index (χ2n) is 19.5. The van der Waals surface area contributed by atoms with Crippen LogP contribution in [0.3, 0.4) is 0 Å². The Labute approximate surface area is 321 Å². The molecule has 6 fully saturated rings. The minimum Gasteiger partial charge on any atom is -0.466 e. The summed E-state index contributed by atoms with van der Waals surface area (Å²) in [5.41, 5.74) is 5.92. The molecule has 0 bridgehead atoms. The van der Waals surface area contributed by atoms with Crippen molar-refractivity contribution in [2.75, 3.05) is 13.2 Å². The number of esters is 2. The summed E-state index contributed by atoms with van der Waals surface area (Å²) < 4.78 is 11.0. The largest absolute Gasteiger partial charge is 0.466 e. The van der Waals surface area contributed by atoms with Crippen LogP contribution in [0.5, 0.6) is 0 Å². The predicted molar refractivity (Wildman–Crippen MR) is 207 cm³/mol. The number of hydrogen-bond acceptors (Lipinski definition) is 8. The molecule has 0 amide bonds. The van der Waals surface area contributed by atoms with Gasteiger partial charge in [-0.3, -0.25) is 29.5 Å². The number of carbonyl (C=O) groups is 2. The van der Waals surface area contributed by atoms with E-state index in [0.29, 0.717) is 49.7 Å². The molecular weight excluding hydrogens is 673 g/mol. The summed E-state index contributed by atoms with van der Waals surface area (Å²) in [6.07, 6.45) is 31.4. The van der Waals surface area contributed by atoms with Gasteiger partial charge in [0.05, 0.1) is 37.0 Å². The number of fused-ring (bicyclic) bond motifs is 10. The number of nitrogens with zero attached hydrogens (tertiary/aromatic N) is 4. The predicted octanol–water partition coefficient (Wildman–Crippen LogP) is 9.33. The van der Waals surface area contributed by atoms with Gasteiger partial charge in [-0.25, -0.2) is 0 Å². The first-order chi connectivity index (χ1) is 26.0. The summed E-state index contributed by atoms with van der Waals surface area (Å²) in [5.74, 6) is 5.43. The summed E-state index contributed by atoms with van der Waals surface area (Å²) in [7, 11) is 0. The summed E-state index contributed by atoms with van der Waals surface area (Å²) in [5, 5.41) is 0. The minimum atomic E-state index is 0.00953. The molecule has 2 saturated heterocycles. The topological polar surface area (TPSA) is 104 Å². The van der Waals surface area contributed by atoms with Crippen molar-refractivity contribution in [1.82, 2.24) is 19.9 Å². The lowest BCUT2D eigenvalue weighted by Crippen LogP contribution is -2.51. The maximum atomic E-state index is 12.0. The molecule has 2 aliphatic heterocycles. The molecule has 4 saturated carbocycles. The number of carbonyl (C=O) groups excluding carboxylic acids is 2. The molecular formula is C46H60N4O4. The van der Waals surface area contributed by atoms with E-state index in [0.717, 1.165) is 47.9 Å². The van der Waals surface area contributed by atoms with Crippen molar-refractivity contribution in [1.29, 1.82) is 0 Å². The molecule has 0 radical (unpaired) electrons. The van der Waals surface area contributed by atoms with E-state index < -0.39 is 0 Å². The Hall–Kier alpha value is -3.42. The maximum Gasteiger partial charge on any atom is 0.306 e. The molecule has 0 spiro atoms. The normalized spacial score (nSPS) is 43.6.